The molecule has 2 aromatic carbocycles. The minimum absolute atomic E-state index is 0.151. The summed E-state index contributed by atoms with van der Waals surface area (Å²) in [6, 6.07) is 14.7. The maximum atomic E-state index is 12.3. The Morgan fingerprint density at radius 1 is 1.10 bits per heavy atom. The number of anilines is 1. The number of hydrogen-bond acceptors (Lipinski definition) is 3. The summed E-state index contributed by atoms with van der Waals surface area (Å²) in [5.41, 5.74) is 1.31. The summed E-state index contributed by atoms with van der Waals surface area (Å²) < 4.78 is 5.14. The van der Waals surface area contributed by atoms with Gasteiger partial charge in [0, 0.05) is 35.1 Å². The Kier molecular flexibility index (Phi) is 3.51. The fourth-order valence-corrected chi connectivity index (χ4v) is 2.13. The van der Waals surface area contributed by atoms with E-state index in [1.807, 2.05) is 36.4 Å². The summed E-state index contributed by atoms with van der Waals surface area (Å²) in [4.78, 5) is 16.3. The van der Waals surface area contributed by atoms with Crippen LogP contribution in [0.25, 0.3) is 10.8 Å². The highest BCUT2D eigenvalue weighted by atomic mass is 16.5. The molecule has 0 fully saturated rings. The number of carbonyl (C=O) groups is 1. The molecule has 1 aromatic heterocycles. The molecule has 1 amide bonds. The molecule has 0 saturated heterocycles. The van der Waals surface area contributed by atoms with Crippen molar-refractivity contribution in [2.45, 2.75) is 0 Å². The van der Waals surface area contributed by atoms with Gasteiger partial charge in [0.15, 0.2) is 0 Å². The van der Waals surface area contributed by atoms with E-state index in [9.17, 15) is 4.79 Å². The molecule has 0 radical (unpaired) electrons. The Morgan fingerprint density at radius 3 is 2.86 bits per heavy atom. The van der Waals surface area contributed by atoms with Crippen LogP contribution in [0.4, 0.5) is 5.69 Å². The second-order valence-corrected chi connectivity index (χ2v) is 4.62. The van der Waals surface area contributed by atoms with Gasteiger partial charge in [-0.25, -0.2) is 0 Å². The van der Waals surface area contributed by atoms with Crippen LogP contribution in [-0.4, -0.2) is 18.0 Å². The second-order valence-electron chi connectivity index (χ2n) is 4.62. The molecule has 1 heterocycles. The van der Waals surface area contributed by atoms with Crippen LogP contribution in [0.3, 0.4) is 0 Å². The average Bonchev–Trinajstić information content (AvgIpc) is 2.54. The van der Waals surface area contributed by atoms with E-state index in [0.717, 1.165) is 10.8 Å². The fourth-order valence-electron chi connectivity index (χ4n) is 2.13. The third kappa shape index (κ3) is 2.84. The van der Waals surface area contributed by atoms with Crippen molar-refractivity contribution in [3.8, 4) is 5.75 Å². The SMILES string of the molecule is COc1cccc(NC(=O)c2ccc3cnccc3c2)c1. The van der Waals surface area contributed by atoms with Gasteiger partial charge in [0.05, 0.1) is 7.11 Å². The van der Waals surface area contributed by atoms with E-state index in [-0.39, 0.29) is 5.91 Å². The summed E-state index contributed by atoms with van der Waals surface area (Å²) in [6.07, 6.45) is 3.49. The Balaban J connectivity index is 1.86. The maximum Gasteiger partial charge on any atom is 0.255 e. The zero-order valence-corrected chi connectivity index (χ0v) is 11.5. The van der Waals surface area contributed by atoms with E-state index >= 15 is 0 Å². The van der Waals surface area contributed by atoms with Crippen molar-refractivity contribution in [2.75, 3.05) is 12.4 Å². The number of fused-ring (bicyclic) bond motifs is 1. The number of carbonyl (C=O) groups excluding carboxylic acids is 1. The molecule has 3 aromatic rings. The van der Waals surface area contributed by atoms with Crippen LogP contribution in [0.1, 0.15) is 10.4 Å². The van der Waals surface area contributed by atoms with Crippen molar-refractivity contribution in [2.24, 2.45) is 0 Å². The molecule has 0 atom stereocenters. The Labute approximate surface area is 122 Å². The largest absolute Gasteiger partial charge is 0.497 e. The van der Waals surface area contributed by atoms with E-state index in [0.29, 0.717) is 17.0 Å². The highest BCUT2D eigenvalue weighted by Crippen LogP contribution is 2.19. The topological polar surface area (TPSA) is 51.2 Å². The van der Waals surface area contributed by atoms with Gasteiger partial charge in [-0.05, 0) is 35.7 Å². The molecule has 3 rings (SSSR count). The summed E-state index contributed by atoms with van der Waals surface area (Å²) in [6.45, 7) is 0. The number of aromatic nitrogens is 1. The van der Waals surface area contributed by atoms with Crippen molar-refractivity contribution >= 4 is 22.4 Å². The van der Waals surface area contributed by atoms with E-state index in [1.54, 1.807) is 31.6 Å². The molecule has 0 bridgehead atoms. The number of methoxy groups -OCH3 is 1. The average molecular weight is 278 g/mol. The first-order valence-corrected chi connectivity index (χ1v) is 6.55. The minimum atomic E-state index is -0.151. The molecule has 21 heavy (non-hydrogen) atoms. The first-order chi connectivity index (χ1) is 10.3. The highest BCUT2D eigenvalue weighted by Gasteiger charge is 2.07. The Hall–Kier alpha value is -2.88. The van der Waals surface area contributed by atoms with Gasteiger partial charge < -0.3 is 10.1 Å². The van der Waals surface area contributed by atoms with Crippen LogP contribution in [0.5, 0.6) is 5.75 Å². The smallest absolute Gasteiger partial charge is 0.255 e. The van der Waals surface area contributed by atoms with Gasteiger partial charge in [0.2, 0.25) is 0 Å². The van der Waals surface area contributed by atoms with Gasteiger partial charge in [-0.1, -0.05) is 12.1 Å². The Bertz CT molecular complexity index is 799. The first-order valence-electron chi connectivity index (χ1n) is 6.55. The number of rotatable bonds is 3. The van der Waals surface area contributed by atoms with Crippen LogP contribution in [0.15, 0.2) is 60.9 Å². The number of amides is 1. The van der Waals surface area contributed by atoms with Crippen LogP contribution in [0, 0.1) is 0 Å². The molecule has 0 spiro atoms. The molecule has 104 valence electrons. The minimum Gasteiger partial charge on any atom is -0.497 e. The zero-order chi connectivity index (χ0) is 14.7. The van der Waals surface area contributed by atoms with Crippen molar-refractivity contribution in [3.05, 3.63) is 66.5 Å². The van der Waals surface area contributed by atoms with Gasteiger partial charge in [0.1, 0.15) is 5.75 Å². The molecule has 0 unspecified atom stereocenters. The molecular weight excluding hydrogens is 264 g/mol. The van der Waals surface area contributed by atoms with Crippen LogP contribution >= 0.6 is 0 Å². The summed E-state index contributed by atoms with van der Waals surface area (Å²) >= 11 is 0. The second kappa shape index (κ2) is 5.63. The fraction of sp³-hybridized carbons (Fsp3) is 0.0588. The number of pyridine rings is 1. The lowest BCUT2D eigenvalue weighted by Crippen LogP contribution is -2.11. The van der Waals surface area contributed by atoms with E-state index < -0.39 is 0 Å². The van der Waals surface area contributed by atoms with Crippen molar-refractivity contribution in [1.82, 2.24) is 4.98 Å². The standard InChI is InChI=1S/C17H14N2O2/c1-21-16-4-2-3-15(10-16)19-17(20)13-5-6-14-11-18-8-7-12(14)9-13/h2-11H,1H3,(H,19,20). The van der Waals surface area contributed by atoms with Gasteiger partial charge in [-0.2, -0.15) is 0 Å². The number of hydrogen-bond donors (Lipinski definition) is 1. The molecule has 0 aliphatic rings. The van der Waals surface area contributed by atoms with Crippen molar-refractivity contribution in [1.29, 1.82) is 0 Å². The lowest BCUT2D eigenvalue weighted by molar-refractivity contribution is 0.102. The molecule has 4 heteroatoms. The maximum absolute atomic E-state index is 12.3. The number of nitrogens with one attached hydrogen (secondary N) is 1. The molecule has 4 nitrogen and oxygen atoms in total. The van der Waals surface area contributed by atoms with E-state index in [1.165, 1.54) is 0 Å². The number of ether oxygens (including phenoxy) is 1. The lowest BCUT2D eigenvalue weighted by Gasteiger charge is -2.07. The molecule has 1 N–H and O–H groups in total. The van der Waals surface area contributed by atoms with Gasteiger partial charge in [-0.3, -0.25) is 9.78 Å². The predicted molar refractivity (Wildman–Crippen MR) is 82.7 cm³/mol. The third-order valence-corrected chi connectivity index (χ3v) is 3.23. The quantitative estimate of drug-likeness (QED) is 0.797. The molecule has 0 aliphatic carbocycles. The highest BCUT2D eigenvalue weighted by molar-refractivity contribution is 6.06. The van der Waals surface area contributed by atoms with E-state index in [2.05, 4.69) is 10.3 Å². The molecule has 0 saturated carbocycles. The van der Waals surface area contributed by atoms with Gasteiger partial charge in [0.25, 0.3) is 5.91 Å². The van der Waals surface area contributed by atoms with Crippen molar-refractivity contribution in [3.63, 3.8) is 0 Å². The zero-order valence-electron chi connectivity index (χ0n) is 11.5. The normalized spacial score (nSPS) is 10.3. The Morgan fingerprint density at radius 2 is 2.00 bits per heavy atom. The van der Waals surface area contributed by atoms with Gasteiger partial charge in [-0.15, -0.1) is 0 Å². The van der Waals surface area contributed by atoms with Crippen molar-refractivity contribution < 1.29 is 9.53 Å². The lowest BCUT2D eigenvalue weighted by atomic mass is 10.1. The monoisotopic (exact) mass is 278 g/mol. The summed E-state index contributed by atoms with van der Waals surface area (Å²) in [7, 11) is 1.60. The van der Waals surface area contributed by atoms with Crippen LogP contribution < -0.4 is 10.1 Å². The van der Waals surface area contributed by atoms with Crippen LogP contribution in [-0.2, 0) is 0 Å². The predicted octanol–water partition coefficient (Wildman–Crippen LogP) is 3.50. The summed E-state index contributed by atoms with van der Waals surface area (Å²) in [5.74, 6) is 0.555. The summed E-state index contributed by atoms with van der Waals surface area (Å²) in [5, 5.41) is 4.86. The molecule has 0 aliphatic heterocycles. The number of nitrogens with zero attached hydrogens (tertiary/aromatic N) is 1. The first kappa shape index (κ1) is 13.1. The third-order valence-electron chi connectivity index (χ3n) is 3.23. The van der Waals surface area contributed by atoms with Crippen LogP contribution in [0.2, 0.25) is 0 Å². The van der Waals surface area contributed by atoms with Gasteiger partial charge >= 0.3 is 0 Å². The van der Waals surface area contributed by atoms with E-state index in [4.69, 9.17) is 4.74 Å². The molecular formula is C17H14N2O2. The number of benzene rings is 2.